The average molecular weight is 393 g/mol. The van der Waals surface area contributed by atoms with Crippen molar-refractivity contribution in [3.05, 3.63) is 65.7 Å². The molecular weight excluding hydrogens is 370 g/mol. The molecule has 2 atom stereocenters. The van der Waals surface area contributed by atoms with Crippen LogP contribution in [0.25, 0.3) is 0 Å². The first-order chi connectivity index (χ1) is 14.1. The van der Waals surface area contributed by atoms with Gasteiger partial charge in [-0.25, -0.2) is 0 Å². The van der Waals surface area contributed by atoms with Crippen molar-refractivity contribution in [2.24, 2.45) is 0 Å². The van der Waals surface area contributed by atoms with Gasteiger partial charge in [0.15, 0.2) is 0 Å². The molecule has 7 heteroatoms. The summed E-state index contributed by atoms with van der Waals surface area (Å²) in [6.45, 7) is 0.924. The van der Waals surface area contributed by atoms with E-state index in [0.717, 1.165) is 5.56 Å². The predicted molar refractivity (Wildman–Crippen MR) is 106 cm³/mol. The van der Waals surface area contributed by atoms with Gasteiger partial charge in [-0.3, -0.25) is 14.4 Å². The predicted octanol–water partition coefficient (Wildman–Crippen LogP) is 1.09. The summed E-state index contributed by atoms with van der Waals surface area (Å²) >= 11 is 0. The van der Waals surface area contributed by atoms with Crippen molar-refractivity contribution < 1.29 is 19.1 Å². The van der Waals surface area contributed by atoms with E-state index in [-0.39, 0.29) is 24.3 Å². The first-order valence-electron chi connectivity index (χ1n) is 9.65. The lowest BCUT2D eigenvalue weighted by Crippen LogP contribution is -2.70. The van der Waals surface area contributed by atoms with Crippen molar-refractivity contribution in [3.63, 3.8) is 0 Å². The maximum Gasteiger partial charge on any atom is 0.254 e. The Morgan fingerprint density at radius 3 is 2.66 bits per heavy atom. The van der Waals surface area contributed by atoms with Crippen LogP contribution in [0.2, 0.25) is 0 Å². The van der Waals surface area contributed by atoms with E-state index in [1.165, 1.54) is 0 Å². The zero-order valence-electron chi connectivity index (χ0n) is 16.2. The molecule has 150 valence electrons. The number of nitrogens with one attached hydrogen (secondary N) is 1. The van der Waals surface area contributed by atoms with Gasteiger partial charge in [-0.05, 0) is 23.8 Å². The second-order valence-corrected chi connectivity index (χ2v) is 7.28. The molecule has 3 amide bonds. The highest BCUT2D eigenvalue weighted by Gasteiger charge is 2.44. The van der Waals surface area contributed by atoms with Crippen molar-refractivity contribution in [3.8, 4) is 5.75 Å². The Balaban J connectivity index is 1.46. The number of ether oxygens (including phenoxy) is 1. The van der Waals surface area contributed by atoms with Gasteiger partial charge in [-0.1, -0.05) is 36.4 Å². The molecule has 0 aromatic heterocycles. The first-order valence-corrected chi connectivity index (χ1v) is 9.65. The fraction of sp³-hybridized carbons (Fsp3) is 0.318. The molecule has 2 saturated heterocycles. The zero-order chi connectivity index (χ0) is 20.4. The van der Waals surface area contributed by atoms with E-state index in [0.29, 0.717) is 30.8 Å². The highest BCUT2D eigenvalue weighted by molar-refractivity contribution is 5.99. The lowest BCUT2D eigenvalue weighted by molar-refractivity contribution is -0.152. The minimum atomic E-state index is -0.655. The lowest BCUT2D eigenvalue weighted by atomic mass is 9.98. The number of hydrogen-bond donors (Lipinski definition) is 1. The smallest absolute Gasteiger partial charge is 0.254 e. The van der Waals surface area contributed by atoms with Crippen molar-refractivity contribution >= 4 is 17.7 Å². The third-order valence-electron chi connectivity index (χ3n) is 5.47. The third kappa shape index (κ3) is 3.81. The van der Waals surface area contributed by atoms with Gasteiger partial charge in [0.1, 0.15) is 17.8 Å². The molecular formula is C22H23N3O4. The first kappa shape index (κ1) is 19.0. The molecule has 29 heavy (non-hydrogen) atoms. The number of carbonyl (C=O) groups is 3. The standard InChI is InChI=1S/C22H23N3O4/c1-29-17-9-5-8-16(13-17)21(27)24-10-11-25-19(14-24)20(26)23-18(22(25)28)12-15-6-3-2-4-7-15/h2-9,13,18-19H,10-12,14H2,1H3,(H,23,26)/t18-,19+/m0/s1. The Kier molecular flexibility index (Phi) is 5.20. The van der Waals surface area contributed by atoms with E-state index < -0.39 is 12.1 Å². The minimum Gasteiger partial charge on any atom is -0.497 e. The van der Waals surface area contributed by atoms with Crippen LogP contribution in [-0.2, 0) is 16.0 Å². The Morgan fingerprint density at radius 1 is 1.10 bits per heavy atom. The van der Waals surface area contributed by atoms with Crippen LogP contribution in [0.15, 0.2) is 54.6 Å². The Bertz CT molecular complexity index is 931. The summed E-state index contributed by atoms with van der Waals surface area (Å²) in [7, 11) is 1.55. The van der Waals surface area contributed by atoms with Gasteiger partial charge < -0.3 is 19.9 Å². The number of hydrogen-bond acceptors (Lipinski definition) is 4. The maximum atomic E-state index is 12.9. The fourth-order valence-corrected chi connectivity index (χ4v) is 3.91. The molecule has 0 radical (unpaired) electrons. The van der Waals surface area contributed by atoms with E-state index in [1.54, 1.807) is 41.2 Å². The van der Waals surface area contributed by atoms with Gasteiger partial charge in [0.2, 0.25) is 11.8 Å². The van der Waals surface area contributed by atoms with Crippen LogP contribution in [0.5, 0.6) is 5.75 Å². The Hall–Kier alpha value is -3.35. The third-order valence-corrected chi connectivity index (χ3v) is 5.47. The molecule has 2 aromatic carbocycles. The summed E-state index contributed by atoms with van der Waals surface area (Å²) in [6.07, 6.45) is 0.459. The van der Waals surface area contributed by atoms with Gasteiger partial charge >= 0.3 is 0 Å². The second-order valence-electron chi connectivity index (χ2n) is 7.28. The highest BCUT2D eigenvalue weighted by atomic mass is 16.5. The van der Waals surface area contributed by atoms with Crippen LogP contribution in [0.3, 0.4) is 0 Å². The zero-order valence-corrected chi connectivity index (χ0v) is 16.2. The van der Waals surface area contributed by atoms with E-state index >= 15 is 0 Å². The molecule has 1 N–H and O–H groups in total. The fourth-order valence-electron chi connectivity index (χ4n) is 3.91. The molecule has 2 heterocycles. The van der Waals surface area contributed by atoms with Crippen molar-refractivity contribution in [2.75, 3.05) is 26.7 Å². The molecule has 7 nitrogen and oxygen atoms in total. The topological polar surface area (TPSA) is 79.0 Å². The van der Waals surface area contributed by atoms with Crippen LogP contribution >= 0.6 is 0 Å². The van der Waals surface area contributed by atoms with E-state index in [1.807, 2.05) is 30.3 Å². The molecule has 0 unspecified atom stereocenters. The van der Waals surface area contributed by atoms with E-state index in [9.17, 15) is 14.4 Å². The van der Waals surface area contributed by atoms with Crippen LogP contribution in [-0.4, -0.2) is 66.3 Å². The van der Waals surface area contributed by atoms with Gasteiger partial charge in [0.05, 0.1) is 13.7 Å². The largest absolute Gasteiger partial charge is 0.497 e. The van der Waals surface area contributed by atoms with Crippen LogP contribution in [0.4, 0.5) is 0 Å². The summed E-state index contributed by atoms with van der Waals surface area (Å²) in [5.41, 5.74) is 1.50. The monoisotopic (exact) mass is 393 g/mol. The summed E-state index contributed by atoms with van der Waals surface area (Å²) < 4.78 is 5.18. The number of piperazine rings is 2. The SMILES string of the molecule is COc1cccc(C(=O)N2CCN3C(=O)[C@H](Cc4ccccc4)NC(=O)[C@H]3C2)c1. The van der Waals surface area contributed by atoms with Gasteiger partial charge in [-0.15, -0.1) is 0 Å². The minimum absolute atomic E-state index is 0.0908. The molecule has 0 bridgehead atoms. The second kappa shape index (κ2) is 7.95. The normalized spacial score (nSPS) is 21.4. The number of methoxy groups -OCH3 is 1. The molecule has 0 saturated carbocycles. The van der Waals surface area contributed by atoms with Crippen molar-refractivity contribution in [1.29, 1.82) is 0 Å². The molecule has 2 aromatic rings. The Morgan fingerprint density at radius 2 is 1.90 bits per heavy atom. The quantitative estimate of drug-likeness (QED) is 0.844. The number of rotatable bonds is 4. The molecule has 2 aliphatic rings. The summed E-state index contributed by atoms with van der Waals surface area (Å²) in [5.74, 6) is 0.125. The van der Waals surface area contributed by atoms with E-state index in [2.05, 4.69) is 5.32 Å². The van der Waals surface area contributed by atoms with Crippen LogP contribution in [0.1, 0.15) is 15.9 Å². The average Bonchev–Trinajstić information content (AvgIpc) is 2.77. The molecule has 2 aliphatic heterocycles. The molecule has 4 rings (SSSR count). The Labute approximate surface area is 169 Å². The number of carbonyl (C=O) groups excluding carboxylic acids is 3. The summed E-state index contributed by atoms with van der Waals surface area (Å²) in [4.78, 5) is 41.8. The highest BCUT2D eigenvalue weighted by Crippen LogP contribution is 2.21. The number of amides is 3. The molecule has 2 fully saturated rings. The molecule has 0 spiro atoms. The number of benzene rings is 2. The van der Waals surface area contributed by atoms with Crippen LogP contribution < -0.4 is 10.1 Å². The number of fused-ring (bicyclic) bond motifs is 1. The van der Waals surface area contributed by atoms with Crippen LogP contribution in [0, 0.1) is 0 Å². The number of nitrogens with zero attached hydrogens (tertiary/aromatic N) is 2. The van der Waals surface area contributed by atoms with Gasteiger partial charge in [0, 0.05) is 25.1 Å². The van der Waals surface area contributed by atoms with Crippen molar-refractivity contribution in [2.45, 2.75) is 18.5 Å². The molecule has 0 aliphatic carbocycles. The summed E-state index contributed by atoms with van der Waals surface area (Å²) in [5, 5.41) is 2.84. The van der Waals surface area contributed by atoms with Gasteiger partial charge in [-0.2, -0.15) is 0 Å². The summed E-state index contributed by atoms with van der Waals surface area (Å²) in [6, 6.07) is 15.3. The lowest BCUT2D eigenvalue weighted by Gasteiger charge is -2.45. The maximum absolute atomic E-state index is 12.9. The van der Waals surface area contributed by atoms with Crippen molar-refractivity contribution in [1.82, 2.24) is 15.1 Å². The van der Waals surface area contributed by atoms with Gasteiger partial charge in [0.25, 0.3) is 5.91 Å². The van der Waals surface area contributed by atoms with E-state index in [4.69, 9.17) is 4.74 Å².